The number of imidazole rings is 1. The summed E-state index contributed by atoms with van der Waals surface area (Å²) in [6.07, 6.45) is 3.63. The third kappa shape index (κ3) is 2.54. The van der Waals surface area contributed by atoms with Crippen LogP contribution in [-0.4, -0.2) is 39.3 Å². The predicted molar refractivity (Wildman–Crippen MR) is 51.2 cm³/mol. The van der Waals surface area contributed by atoms with Crippen molar-refractivity contribution in [1.29, 1.82) is 0 Å². The summed E-state index contributed by atoms with van der Waals surface area (Å²) in [4.78, 5) is 6.13. The zero-order chi connectivity index (χ0) is 9.84. The Bertz CT molecular complexity index is 259. The molecular weight excluding hydrogens is 166 g/mol. The topological polar surface area (TPSA) is 41.3 Å². The molecule has 1 N–H and O–H groups in total. The van der Waals surface area contributed by atoms with Crippen LogP contribution < -0.4 is 0 Å². The number of hydrogen-bond acceptors (Lipinski definition) is 3. The molecule has 0 bridgehead atoms. The molecular formula is C9H17N3O. The van der Waals surface area contributed by atoms with E-state index >= 15 is 0 Å². The quantitative estimate of drug-likeness (QED) is 0.726. The average Bonchev–Trinajstić information content (AvgIpc) is 2.50. The van der Waals surface area contributed by atoms with Crippen molar-refractivity contribution in [1.82, 2.24) is 14.5 Å². The van der Waals surface area contributed by atoms with Gasteiger partial charge in [0.05, 0.1) is 18.6 Å². The fourth-order valence-corrected chi connectivity index (χ4v) is 1.09. The van der Waals surface area contributed by atoms with Gasteiger partial charge < -0.3 is 9.67 Å². The number of hydrogen-bond donors (Lipinski definition) is 1. The molecule has 0 amide bonds. The molecule has 0 radical (unpaired) electrons. The van der Waals surface area contributed by atoms with Gasteiger partial charge in [0.15, 0.2) is 0 Å². The first-order valence-electron chi connectivity index (χ1n) is 4.41. The number of aromatic nitrogens is 2. The molecule has 0 spiro atoms. The molecule has 4 heteroatoms. The molecule has 0 aliphatic rings. The van der Waals surface area contributed by atoms with E-state index in [4.69, 9.17) is 5.11 Å². The summed E-state index contributed by atoms with van der Waals surface area (Å²) >= 11 is 0. The third-order valence-corrected chi connectivity index (χ3v) is 2.34. The highest BCUT2D eigenvalue weighted by Gasteiger charge is 2.09. The van der Waals surface area contributed by atoms with Gasteiger partial charge in [0.25, 0.3) is 0 Å². The first-order valence-corrected chi connectivity index (χ1v) is 4.41. The van der Waals surface area contributed by atoms with Crippen LogP contribution in [0, 0.1) is 0 Å². The van der Waals surface area contributed by atoms with Crippen LogP contribution in [0.2, 0.25) is 0 Å². The first-order chi connectivity index (χ1) is 6.15. The Kier molecular flexibility index (Phi) is 3.45. The van der Waals surface area contributed by atoms with Gasteiger partial charge in [0.1, 0.15) is 0 Å². The lowest BCUT2D eigenvalue weighted by molar-refractivity contribution is 0.152. The normalized spacial score (nSPS) is 13.6. The van der Waals surface area contributed by atoms with Crippen LogP contribution in [0.15, 0.2) is 12.5 Å². The molecule has 4 nitrogen and oxygen atoms in total. The van der Waals surface area contributed by atoms with Crippen molar-refractivity contribution in [3.8, 4) is 0 Å². The minimum absolute atomic E-state index is 0.189. The Morgan fingerprint density at radius 3 is 2.85 bits per heavy atom. The summed E-state index contributed by atoms with van der Waals surface area (Å²) in [5.74, 6) is 0. The number of aliphatic hydroxyl groups is 1. The van der Waals surface area contributed by atoms with E-state index in [0.29, 0.717) is 0 Å². The van der Waals surface area contributed by atoms with Gasteiger partial charge in [-0.1, -0.05) is 0 Å². The number of aliphatic hydroxyl groups excluding tert-OH is 1. The van der Waals surface area contributed by atoms with Crippen LogP contribution in [-0.2, 0) is 13.6 Å². The maximum absolute atomic E-state index is 8.94. The second-order valence-corrected chi connectivity index (χ2v) is 3.44. The maximum atomic E-state index is 8.94. The van der Waals surface area contributed by atoms with E-state index in [1.165, 1.54) is 0 Å². The summed E-state index contributed by atoms with van der Waals surface area (Å²) in [7, 11) is 3.97. The van der Waals surface area contributed by atoms with Gasteiger partial charge in [-0.15, -0.1) is 0 Å². The number of likely N-dealkylation sites (N-methyl/N-ethyl adjacent to an activating group) is 1. The number of nitrogens with zero attached hydrogens (tertiary/aromatic N) is 3. The lowest BCUT2D eigenvalue weighted by atomic mass is 10.3. The van der Waals surface area contributed by atoms with Gasteiger partial charge >= 0.3 is 0 Å². The summed E-state index contributed by atoms with van der Waals surface area (Å²) in [6.45, 7) is 3.00. The van der Waals surface area contributed by atoms with Crippen LogP contribution in [0.1, 0.15) is 12.6 Å². The number of rotatable bonds is 4. The van der Waals surface area contributed by atoms with Crippen LogP contribution >= 0.6 is 0 Å². The second-order valence-electron chi connectivity index (χ2n) is 3.44. The van der Waals surface area contributed by atoms with Crippen molar-refractivity contribution in [2.45, 2.75) is 19.5 Å². The van der Waals surface area contributed by atoms with Crippen molar-refractivity contribution in [2.75, 3.05) is 13.7 Å². The summed E-state index contributed by atoms with van der Waals surface area (Å²) in [6, 6.07) is 0.190. The molecule has 0 saturated carbocycles. The molecule has 1 unspecified atom stereocenters. The lowest BCUT2D eigenvalue weighted by Gasteiger charge is -2.22. The fourth-order valence-electron chi connectivity index (χ4n) is 1.09. The highest BCUT2D eigenvalue weighted by atomic mass is 16.3. The Balaban J connectivity index is 2.54. The Morgan fingerprint density at radius 2 is 2.38 bits per heavy atom. The Morgan fingerprint density at radius 1 is 1.69 bits per heavy atom. The van der Waals surface area contributed by atoms with Crippen LogP contribution in [0.4, 0.5) is 0 Å². The first kappa shape index (κ1) is 10.2. The van der Waals surface area contributed by atoms with E-state index < -0.39 is 0 Å². The zero-order valence-electron chi connectivity index (χ0n) is 8.44. The van der Waals surface area contributed by atoms with Gasteiger partial charge in [-0.25, -0.2) is 4.98 Å². The molecule has 0 saturated heterocycles. The molecule has 0 aromatic carbocycles. The van der Waals surface area contributed by atoms with Gasteiger partial charge in [0.2, 0.25) is 0 Å². The number of aryl methyl sites for hydroxylation is 1. The second kappa shape index (κ2) is 4.39. The van der Waals surface area contributed by atoms with Crippen molar-refractivity contribution in [3.63, 3.8) is 0 Å². The summed E-state index contributed by atoms with van der Waals surface area (Å²) in [5, 5.41) is 8.94. The SMILES string of the molecule is CC(CO)N(C)Cc1cncn1C. The molecule has 13 heavy (non-hydrogen) atoms. The van der Waals surface area contributed by atoms with E-state index in [9.17, 15) is 0 Å². The lowest BCUT2D eigenvalue weighted by Crippen LogP contribution is -2.31. The molecule has 0 aliphatic carbocycles. The summed E-state index contributed by atoms with van der Waals surface area (Å²) in [5.41, 5.74) is 1.16. The standard InChI is InChI=1S/C9H17N3O/c1-8(6-13)11(2)5-9-4-10-7-12(9)3/h4,7-8,13H,5-6H2,1-3H3. The highest BCUT2D eigenvalue weighted by molar-refractivity contribution is 4.97. The smallest absolute Gasteiger partial charge is 0.0945 e. The minimum atomic E-state index is 0.189. The van der Waals surface area contributed by atoms with Gasteiger partial charge in [0, 0.05) is 25.8 Å². The monoisotopic (exact) mass is 183 g/mol. The van der Waals surface area contributed by atoms with Crippen LogP contribution in [0.3, 0.4) is 0 Å². The van der Waals surface area contributed by atoms with E-state index in [2.05, 4.69) is 9.88 Å². The molecule has 0 fully saturated rings. The van der Waals surface area contributed by atoms with Gasteiger partial charge in [-0.05, 0) is 14.0 Å². The van der Waals surface area contributed by atoms with Crippen molar-refractivity contribution < 1.29 is 5.11 Å². The van der Waals surface area contributed by atoms with E-state index in [1.54, 1.807) is 6.33 Å². The van der Waals surface area contributed by atoms with Crippen molar-refractivity contribution >= 4 is 0 Å². The molecule has 1 heterocycles. The van der Waals surface area contributed by atoms with Crippen molar-refractivity contribution in [2.24, 2.45) is 7.05 Å². The molecule has 1 aromatic heterocycles. The molecule has 1 aromatic rings. The summed E-state index contributed by atoms with van der Waals surface area (Å²) < 4.78 is 1.99. The van der Waals surface area contributed by atoms with E-state index in [1.807, 2.05) is 31.8 Å². The van der Waals surface area contributed by atoms with Crippen molar-refractivity contribution in [3.05, 3.63) is 18.2 Å². The minimum Gasteiger partial charge on any atom is -0.395 e. The zero-order valence-corrected chi connectivity index (χ0v) is 8.44. The third-order valence-electron chi connectivity index (χ3n) is 2.34. The van der Waals surface area contributed by atoms with E-state index in [-0.39, 0.29) is 12.6 Å². The largest absolute Gasteiger partial charge is 0.395 e. The van der Waals surface area contributed by atoms with Gasteiger partial charge in [-0.2, -0.15) is 0 Å². The van der Waals surface area contributed by atoms with Gasteiger partial charge in [-0.3, -0.25) is 4.90 Å². The maximum Gasteiger partial charge on any atom is 0.0945 e. The fraction of sp³-hybridized carbons (Fsp3) is 0.667. The molecule has 1 rings (SSSR count). The average molecular weight is 183 g/mol. The molecule has 1 atom stereocenters. The molecule has 74 valence electrons. The highest BCUT2D eigenvalue weighted by Crippen LogP contribution is 2.03. The Hall–Kier alpha value is -0.870. The van der Waals surface area contributed by atoms with E-state index in [0.717, 1.165) is 12.2 Å². The van der Waals surface area contributed by atoms with Crippen LogP contribution in [0.5, 0.6) is 0 Å². The Labute approximate surface area is 78.8 Å². The van der Waals surface area contributed by atoms with Crippen LogP contribution in [0.25, 0.3) is 0 Å². The molecule has 0 aliphatic heterocycles. The predicted octanol–water partition coefficient (Wildman–Crippen LogP) is 0.233.